The Balaban J connectivity index is 2.32. The molecule has 6 nitrogen and oxygen atoms in total. The van der Waals surface area contributed by atoms with E-state index in [-0.39, 0.29) is 0 Å². The first kappa shape index (κ1) is 15.3. The Morgan fingerprint density at radius 3 is 2.67 bits per heavy atom. The topological polar surface area (TPSA) is 85.1 Å². The van der Waals surface area contributed by atoms with Crippen LogP contribution < -0.4 is 21.3 Å². The summed E-state index contributed by atoms with van der Waals surface area (Å²) < 4.78 is 5.14. The van der Waals surface area contributed by atoms with Gasteiger partial charge in [-0.3, -0.25) is 0 Å². The number of aromatic nitrogens is 2. The third-order valence-corrected chi connectivity index (χ3v) is 3.29. The molecule has 0 atom stereocenters. The Hall–Kier alpha value is -2.05. The van der Waals surface area contributed by atoms with Crippen molar-refractivity contribution in [2.45, 2.75) is 19.8 Å². The fraction of sp³-hybridized carbons (Fsp3) is 0.286. The molecular weight excluding hydrogens is 290 g/mol. The number of nitrogens with zero attached hydrogens (tertiary/aromatic N) is 2. The molecular formula is C14H18ClN5O. The Labute approximate surface area is 128 Å². The van der Waals surface area contributed by atoms with Gasteiger partial charge in [0.25, 0.3) is 0 Å². The summed E-state index contributed by atoms with van der Waals surface area (Å²) in [5, 5.41) is 3.77. The molecule has 0 fully saturated rings. The normalized spacial score (nSPS) is 10.3. The van der Waals surface area contributed by atoms with Crippen LogP contribution in [0.2, 0.25) is 5.02 Å². The second-order valence-corrected chi connectivity index (χ2v) is 4.83. The maximum Gasteiger partial charge on any atom is 0.148 e. The first-order valence-electron chi connectivity index (χ1n) is 6.60. The maximum absolute atomic E-state index is 6.13. The smallest absolute Gasteiger partial charge is 0.148 e. The third kappa shape index (κ3) is 3.53. The van der Waals surface area contributed by atoms with Crippen LogP contribution in [-0.4, -0.2) is 17.1 Å². The van der Waals surface area contributed by atoms with E-state index in [1.165, 1.54) is 6.33 Å². The number of nitrogens with one attached hydrogen (secondary N) is 2. The second-order valence-electron chi connectivity index (χ2n) is 4.42. The molecule has 0 aliphatic rings. The summed E-state index contributed by atoms with van der Waals surface area (Å²) in [6.07, 6.45) is 3.23. The summed E-state index contributed by atoms with van der Waals surface area (Å²) in [4.78, 5) is 8.41. The molecule has 0 aliphatic heterocycles. The third-order valence-electron chi connectivity index (χ3n) is 3.00. The Morgan fingerprint density at radius 2 is 2.05 bits per heavy atom. The fourth-order valence-corrected chi connectivity index (χ4v) is 2.27. The van der Waals surface area contributed by atoms with Gasteiger partial charge in [-0.1, -0.05) is 24.9 Å². The van der Waals surface area contributed by atoms with Gasteiger partial charge >= 0.3 is 0 Å². The number of benzene rings is 1. The molecule has 21 heavy (non-hydrogen) atoms. The van der Waals surface area contributed by atoms with Crippen LogP contribution in [-0.2, 0) is 6.42 Å². The first-order valence-corrected chi connectivity index (χ1v) is 6.98. The lowest BCUT2D eigenvalue weighted by molar-refractivity contribution is 0.415. The predicted molar refractivity (Wildman–Crippen MR) is 85.1 cm³/mol. The van der Waals surface area contributed by atoms with Gasteiger partial charge in [0.1, 0.15) is 23.7 Å². The van der Waals surface area contributed by atoms with Gasteiger partial charge < -0.3 is 15.5 Å². The van der Waals surface area contributed by atoms with Crippen molar-refractivity contribution in [3.8, 4) is 5.75 Å². The van der Waals surface area contributed by atoms with Crippen LogP contribution in [0.25, 0.3) is 0 Å². The molecule has 1 aromatic carbocycles. The van der Waals surface area contributed by atoms with Crippen LogP contribution in [0.15, 0.2) is 24.5 Å². The van der Waals surface area contributed by atoms with E-state index in [9.17, 15) is 0 Å². The number of hydrogen-bond donors (Lipinski definition) is 3. The molecule has 2 rings (SSSR count). The lowest BCUT2D eigenvalue weighted by Gasteiger charge is -2.14. The lowest BCUT2D eigenvalue weighted by atomic mass is 10.1. The largest absolute Gasteiger partial charge is 0.495 e. The standard InChI is InChI=1S/C14H18ClN5O/c1-3-4-10-13(17-8-18-14(10)20-16)19-9-5-6-12(21-2)11(15)7-9/h5-8H,3-4,16H2,1-2H3,(H2,17,18,19,20). The summed E-state index contributed by atoms with van der Waals surface area (Å²) >= 11 is 6.13. The number of anilines is 3. The van der Waals surface area contributed by atoms with Crippen molar-refractivity contribution >= 4 is 28.9 Å². The molecule has 4 N–H and O–H groups in total. The zero-order valence-corrected chi connectivity index (χ0v) is 12.7. The van der Waals surface area contributed by atoms with E-state index in [4.69, 9.17) is 22.2 Å². The molecule has 1 aromatic heterocycles. The molecule has 0 spiro atoms. The molecule has 7 heteroatoms. The molecule has 0 saturated heterocycles. The minimum absolute atomic E-state index is 0.533. The van der Waals surface area contributed by atoms with Crippen molar-refractivity contribution in [3.05, 3.63) is 35.1 Å². The summed E-state index contributed by atoms with van der Waals surface area (Å²) in [5.41, 5.74) is 4.36. The number of halogens is 1. The van der Waals surface area contributed by atoms with Crippen LogP contribution in [0.3, 0.4) is 0 Å². The highest BCUT2D eigenvalue weighted by molar-refractivity contribution is 6.32. The number of hydrogen-bond acceptors (Lipinski definition) is 6. The van der Waals surface area contributed by atoms with E-state index < -0.39 is 0 Å². The second kappa shape index (κ2) is 7.10. The van der Waals surface area contributed by atoms with E-state index in [2.05, 4.69) is 27.6 Å². The molecule has 0 amide bonds. The van der Waals surface area contributed by atoms with E-state index in [1.807, 2.05) is 6.07 Å². The van der Waals surface area contributed by atoms with Crippen LogP contribution in [0.1, 0.15) is 18.9 Å². The number of nitrogens with two attached hydrogens (primary N) is 1. The number of ether oxygens (including phenoxy) is 1. The van der Waals surface area contributed by atoms with Crippen molar-refractivity contribution in [2.24, 2.45) is 5.84 Å². The number of hydrazine groups is 1. The summed E-state index contributed by atoms with van der Waals surface area (Å²) in [5.74, 6) is 7.46. The van der Waals surface area contributed by atoms with E-state index in [0.717, 1.165) is 24.1 Å². The first-order chi connectivity index (χ1) is 10.2. The monoisotopic (exact) mass is 307 g/mol. The van der Waals surface area contributed by atoms with Crippen molar-refractivity contribution in [1.29, 1.82) is 0 Å². The maximum atomic E-state index is 6.13. The summed E-state index contributed by atoms with van der Waals surface area (Å²) in [7, 11) is 1.58. The quantitative estimate of drug-likeness (QED) is 0.561. The van der Waals surface area contributed by atoms with Crippen LogP contribution in [0, 0.1) is 0 Å². The van der Waals surface area contributed by atoms with Gasteiger partial charge in [-0.05, 0) is 24.6 Å². The number of nitrogen functional groups attached to an aromatic ring is 1. The van der Waals surface area contributed by atoms with Gasteiger partial charge in [0, 0.05) is 11.3 Å². The average Bonchev–Trinajstić information content (AvgIpc) is 2.49. The Morgan fingerprint density at radius 1 is 1.29 bits per heavy atom. The average molecular weight is 308 g/mol. The van der Waals surface area contributed by atoms with Crippen LogP contribution in [0.4, 0.5) is 17.3 Å². The van der Waals surface area contributed by atoms with Crippen LogP contribution >= 0.6 is 11.6 Å². The van der Waals surface area contributed by atoms with Gasteiger partial charge in [-0.2, -0.15) is 0 Å². The number of rotatable bonds is 6. The Kier molecular flexibility index (Phi) is 5.19. The highest BCUT2D eigenvalue weighted by Crippen LogP contribution is 2.30. The van der Waals surface area contributed by atoms with Crippen molar-refractivity contribution < 1.29 is 4.74 Å². The van der Waals surface area contributed by atoms with E-state index in [1.54, 1.807) is 19.2 Å². The zero-order valence-electron chi connectivity index (χ0n) is 12.0. The SMILES string of the molecule is CCCc1c(NN)ncnc1Nc1ccc(OC)c(Cl)c1. The Bertz CT molecular complexity index is 620. The molecule has 0 radical (unpaired) electrons. The van der Waals surface area contributed by atoms with Gasteiger partial charge in [0.15, 0.2) is 0 Å². The van der Waals surface area contributed by atoms with Gasteiger partial charge in [-0.25, -0.2) is 15.8 Å². The molecule has 0 unspecified atom stereocenters. The molecule has 1 heterocycles. The van der Waals surface area contributed by atoms with Gasteiger partial charge in [-0.15, -0.1) is 0 Å². The molecule has 2 aromatic rings. The highest BCUT2D eigenvalue weighted by Gasteiger charge is 2.11. The molecule has 0 bridgehead atoms. The van der Waals surface area contributed by atoms with Gasteiger partial charge in [0.05, 0.1) is 12.1 Å². The van der Waals surface area contributed by atoms with Crippen LogP contribution in [0.5, 0.6) is 5.75 Å². The molecule has 112 valence electrons. The summed E-state index contributed by atoms with van der Waals surface area (Å²) in [6, 6.07) is 5.46. The van der Waals surface area contributed by atoms with Crippen molar-refractivity contribution in [1.82, 2.24) is 9.97 Å². The van der Waals surface area contributed by atoms with E-state index in [0.29, 0.717) is 22.4 Å². The number of methoxy groups -OCH3 is 1. The molecule has 0 saturated carbocycles. The minimum atomic E-state index is 0.533. The highest BCUT2D eigenvalue weighted by atomic mass is 35.5. The predicted octanol–water partition coefficient (Wildman–Crippen LogP) is 3.12. The van der Waals surface area contributed by atoms with Gasteiger partial charge in [0.2, 0.25) is 0 Å². The zero-order chi connectivity index (χ0) is 15.2. The minimum Gasteiger partial charge on any atom is -0.495 e. The fourth-order valence-electron chi connectivity index (χ4n) is 2.01. The lowest BCUT2D eigenvalue weighted by Crippen LogP contribution is -2.13. The summed E-state index contributed by atoms with van der Waals surface area (Å²) in [6.45, 7) is 2.08. The van der Waals surface area contributed by atoms with Crippen molar-refractivity contribution in [2.75, 3.05) is 17.9 Å². The van der Waals surface area contributed by atoms with E-state index >= 15 is 0 Å². The van der Waals surface area contributed by atoms with Crippen molar-refractivity contribution in [3.63, 3.8) is 0 Å². The molecule has 0 aliphatic carbocycles.